The maximum absolute atomic E-state index is 12.8. The fourth-order valence-corrected chi connectivity index (χ4v) is 3.83. The molecule has 0 aliphatic heterocycles. The highest BCUT2D eigenvalue weighted by molar-refractivity contribution is 5.76. The zero-order valence-electron chi connectivity index (χ0n) is 17.5. The molecular weight excluding hydrogens is 368 g/mol. The molecule has 0 bridgehead atoms. The highest BCUT2D eigenvalue weighted by atomic mass is 16.2. The minimum Gasteiger partial charge on any atom is -0.383 e. The van der Waals surface area contributed by atoms with Gasteiger partial charge in [0.1, 0.15) is 0 Å². The molecule has 29 heavy (non-hydrogen) atoms. The van der Waals surface area contributed by atoms with E-state index in [1.54, 1.807) is 7.05 Å². The van der Waals surface area contributed by atoms with Crippen molar-refractivity contribution < 1.29 is 0 Å². The number of anilines is 1. The van der Waals surface area contributed by atoms with Crippen LogP contribution in [0.15, 0.2) is 33.9 Å². The lowest BCUT2D eigenvalue weighted by Crippen LogP contribution is -2.37. The molecule has 0 aliphatic carbocycles. The lowest BCUT2D eigenvalue weighted by atomic mass is 10.1. The average molecular weight is 394 g/mol. The third kappa shape index (κ3) is 2.86. The van der Waals surface area contributed by atoms with Crippen molar-refractivity contribution in [1.82, 2.24) is 23.1 Å². The number of hydrogen-bond acceptors (Lipinski definition) is 4. The topological polar surface area (TPSA) is 78.3 Å². The molecule has 8 nitrogen and oxygen atoms in total. The Labute approximate surface area is 168 Å². The van der Waals surface area contributed by atoms with Crippen LogP contribution in [0, 0.1) is 13.8 Å². The van der Waals surface area contributed by atoms with E-state index in [1.807, 2.05) is 18.2 Å². The van der Waals surface area contributed by atoms with E-state index in [4.69, 9.17) is 0 Å². The molecule has 4 rings (SSSR count). The Morgan fingerprint density at radius 3 is 2.34 bits per heavy atom. The van der Waals surface area contributed by atoms with Gasteiger partial charge in [-0.05, 0) is 38.0 Å². The van der Waals surface area contributed by atoms with Crippen molar-refractivity contribution in [2.45, 2.75) is 33.7 Å². The van der Waals surface area contributed by atoms with Gasteiger partial charge in [-0.1, -0.05) is 19.1 Å². The van der Waals surface area contributed by atoms with Crippen LogP contribution in [0.1, 0.15) is 23.9 Å². The van der Waals surface area contributed by atoms with E-state index >= 15 is 0 Å². The van der Waals surface area contributed by atoms with Crippen LogP contribution in [0.3, 0.4) is 0 Å². The minimum absolute atomic E-state index is 0.329. The molecule has 0 radical (unpaired) electrons. The molecule has 0 fully saturated rings. The van der Waals surface area contributed by atoms with Crippen LogP contribution in [-0.4, -0.2) is 29.6 Å². The molecule has 8 heteroatoms. The molecule has 0 amide bonds. The van der Waals surface area contributed by atoms with Gasteiger partial charge >= 0.3 is 5.69 Å². The van der Waals surface area contributed by atoms with Crippen LogP contribution in [-0.2, 0) is 27.1 Å². The molecule has 3 heterocycles. The summed E-state index contributed by atoms with van der Waals surface area (Å²) in [4.78, 5) is 29.7. The molecule has 0 aliphatic rings. The Morgan fingerprint density at radius 2 is 1.69 bits per heavy atom. The summed E-state index contributed by atoms with van der Waals surface area (Å²) in [7, 11) is 3.14. The molecule has 0 saturated heterocycles. The smallest absolute Gasteiger partial charge is 0.332 e. The largest absolute Gasteiger partial charge is 0.383 e. The van der Waals surface area contributed by atoms with Gasteiger partial charge in [-0.3, -0.25) is 18.3 Å². The Hall–Kier alpha value is -3.29. The number of hydrogen-bond donors (Lipinski definition) is 1. The van der Waals surface area contributed by atoms with Crippen LogP contribution in [0.4, 0.5) is 5.69 Å². The lowest BCUT2D eigenvalue weighted by Gasteiger charge is -2.10. The normalized spacial score (nSPS) is 11.6. The third-order valence-electron chi connectivity index (χ3n) is 5.77. The number of imidazole rings is 2. The Morgan fingerprint density at radius 1 is 1.00 bits per heavy atom. The number of nitrogens with one attached hydrogen (secondary N) is 1. The monoisotopic (exact) mass is 394 g/mol. The Balaban J connectivity index is 1.74. The van der Waals surface area contributed by atoms with E-state index in [9.17, 15) is 9.59 Å². The maximum Gasteiger partial charge on any atom is 0.332 e. The summed E-state index contributed by atoms with van der Waals surface area (Å²) in [5.41, 5.74) is 4.53. The van der Waals surface area contributed by atoms with Gasteiger partial charge in [-0.15, -0.1) is 0 Å². The second-order valence-electron chi connectivity index (χ2n) is 7.42. The summed E-state index contributed by atoms with van der Waals surface area (Å²) in [6.07, 6.45) is 1.02. The number of aryl methyl sites for hydroxylation is 3. The molecule has 1 N–H and O–H groups in total. The highest BCUT2D eigenvalue weighted by Gasteiger charge is 2.21. The van der Waals surface area contributed by atoms with Gasteiger partial charge in [0.15, 0.2) is 11.2 Å². The summed E-state index contributed by atoms with van der Waals surface area (Å²) in [6.45, 7) is 7.55. The first-order valence-corrected chi connectivity index (χ1v) is 9.81. The number of rotatable bonds is 5. The fraction of sp³-hybridized carbons (Fsp3) is 0.381. The van der Waals surface area contributed by atoms with E-state index in [0.717, 1.165) is 34.6 Å². The maximum atomic E-state index is 12.8. The van der Waals surface area contributed by atoms with Crippen molar-refractivity contribution >= 4 is 22.6 Å². The van der Waals surface area contributed by atoms with Gasteiger partial charge in [0.2, 0.25) is 5.78 Å². The second-order valence-corrected chi connectivity index (χ2v) is 7.42. The van der Waals surface area contributed by atoms with E-state index in [2.05, 4.69) is 46.1 Å². The SMILES string of the molecule is CCc1ccc(NCCn2c(C)c(C)n3c4c(=O)n(C)c(=O)n(C)c4nc23)cc1. The molecule has 0 spiro atoms. The van der Waals surface area contributed by atoms with Crippen LogP contribution in [0.2, 0.25) is 0 Å². The van der Waals surface area contributed by atoms with Gasteiger partial charge in [0, 0.05) is 44.3 Å². The number of benzene rings is 1. The molecule has 4 aromatic rings. The van der Waals surface area contributed by atoms with Crippen molar-refractivity contribution in [3.8, 4) is 0 Å². The highest BCUT2D eigenvalue weighted by Crippen LogP contribution is 2.20. The van der Waals surface area contributed by atoms with Crippen LogP contribution >= 0.6 is 0 Å². The van der Waals surface area contributed by atoms with Crippen LogP contribution < -0.4 is 16.6 Å². The van der Waals surface area contributed by atoms with Gasteiger partial charge in [0.25, 0.3) is 5.56 Å². The van der Waals surface area contributed by atoms with E-state index in [-0.39, 0.29) is 11.2 Å². The first-order chi connectivity index (χ1) is 13.8. The van der Waals surface area contributed by atoms with Gasteiger partial charge in [0.05, 0.1) is 0 Å². The summed E-state index contributed by atoms with van der Waals surface area (Å²) in [5, 5.41) is 3.44. The van der Waals surface area contributed by atoms with Crippen LogP contribution in [0.25, 0.3) is 16.9 Å². The van der Waals surface area contributed by atoms with Crippen molar-refractivity contribution in [3.63, 3.8) is 0 Å². The van der Waals surface area contributed by atoms with E-state index in [0.29, 0.717) is 23.5 Å². The van der Waals surface area contributed by atoms with Crippen molar-refractivity contribution in [3.05, 3.63) is 62.1 Å². The summed E-state index contributed by atoms with van der Waals surface area (Å²) < 4.78 is 6.51. The predicted octanol–water partition coefficient (Wildman–Crippen LogP) is 1.98. The zero-order valence-corrected chi connectivity index (χ0v) is 17.5. The molecule has 0 unspecified atom stereocenters. The zero-order chi connectivity index (χ0) is 20.9. The molecular formula is C21H26N6O2. The predicted molar refractivity (Wildman–Crippen MR) is 115 cm³/mol. The Bertz CT molecular complexity index is 1330. The second kappa shape index (κ2) is 6.95. The third-order valence-corrected chi connectivity index (χ3v) is 5.77. The summed E-state index contributed by atoms with van der Waals surface area (Å²) in [5.74, 6) is 0.677. The fourth-order valence-electron chi connectivity index (χ4n) is 3.83. The first-order valence-electron chi connectivity index (χ1n) is 9.81. The van der Waals surface area contributed by atoms with E-state index in [1.165, 1.54) is 17.2 Å². The molecule has 0 atom stereocenters. The van der Waals surface area contributed by atoms with Gasteiger partial charge < -0.3 is 9.88 Å². The van der Waals surface area contributed by atoms with E-state index < -0.39 is 0 Å². The Kier molecular flexibility index (Phi) is 4.56. The summed E-state index contributed by atoms with van der Waals surface area (Å²) >= 11 is 0. The molecule has 152 valence electrons. The van der Waals surface area contributed by atoms with Crippen molar-refractivity contribution in [2.75, 3.05) is 11.9 Å². The number of aromatic nitrogens is 5. The first kappa shape index (κ1) is 19.0. The van der Waals surface area contributed by atoms with Gasteiger partial charge in [-0.2, -0.15) is 4.98 Å². The lowest BCUT2D eigenvalue weighted by molar-refractivity contribution is 0.705. The minimum atomic E-state index is -0.374. The van der Waals surface area contributed by atoms with Crippen molar-refractivity contribution in [1.29, 1.82) is 0 Å². The van der Waals surface area contributed by atoms with Crippen molar-refractivity contribution in [2.24, 2.45) is 14.1 Å². The molecule has 3 aromatic heterocycles. The number of nitrogens with zero attached hydrogens (tertiary/aromatic N) is 5. The quantitative estimate of drug-likeness (QED) is 0.561. The average Bonchev–Trinajstić information content (AvgIpc) is 3.22. The number of fused-ring (bicyclic) bond motifs is 3. The molecule has 1 aromatic carbocycles. The van der Waals surface area contributed by atoms with Gasteiger partial charge in [-0.25, -0.2) is 4.79 Å². The molecule has 0 saturated carbocycles. The standard InChI is InChI=1S/C21H26N6O2/c1-6-15-7-9-16(10-8-15)22-11-12-26-13(2)14(3)27-17-18(23-20(26)27)24(4)21(29)25(5)19(17)28/h7-10,22H,6,11-12H2,1-5H3. The summed E-state index contributed by atoms with van der Waals surface area (Å²) in [6, 6.07) is 8.43. The van der Waals surface area contributed by atoms with Crippen LogP contribution in [0.5, 0.6) is 0 Å².